The number of amides is 1. The van der Waals surface area contributed by atoms with Crippen LogP contribution in [0.15, 0.2) is 18.2 Å². The first-order valence-corrected chi connectivity index (χ1v) is 4.59. The number of carboxylic acid groups (broad SMARTS) is 1. The molecular weight excluding hydrogens is 233 g/mol. The molecule has 0 fully saturated rings. The summed E-state index contributed by atoms with van der Waals surface area (Å²) in [5.74, 6) is -4.16. The van der Waals surface area contributed by atoms with Gasteiger partial charge in [-0.2, -0.15) is 0 Å². The van der Waals surface area contributed by atoms with Gasteiger partial charge in [0.1, 0.15) is 17.1 Å². The van der Waals surface area contributed by atoms with Gasteiger partial charge < -0.3 is 20.6 Å². The molecule has 0 aliphatic rings. The fourth-order valence-electron chi connectivity index (χ4n) is 1.15. The third kappa shape index (κ3) is 2.91. The Morgan fingerprint density at radius 3 is 2.53 bits per heavy atom. The average Bonchev–Trinajstić information content (AvgIpc) is 2.25. The zero-order valence-corrected chi connectivity index (χ0v) is 8.55. The first-order chi connectivity index (χ1) is 7.97. The third-order valence-electron chi connectivity index (χ3n) is 2.00. The molecule has 0 bridgehead atoms. The highest BCUT2D eigenvalue weighted by atomic mass is 19.1. The van der Waals surface area contributed by atoms with Crippen LogP contribution in [0.3, 0.4) is 0 Å². The van der Waals surface area contributed by atoms with Gasteiger partial charge in [-0.25, -0.2) is 9.18 Å². The molecule has 92 valence electrons. The molecule has 0 spiro atoms. The van der Waals surface area contributed by atoms with Gasteiger partial charge in [0.05, 0.1) is 6.61 Å². The van der Waals surface area contributed by atoms with Crippen LogP contribution >= 0.6 is 0 Å². The summed E-state index contributed by atoms with van der Waals surface area (Å²) in [5, 5.41) is 28.4. The lowest BCUT2D eigenvalue weighted by molar-refractivity contribution is -0.140. The molecule has 0 heterocycles. The van der Waals surface area contributed by atoms with Gasteiger partial charge in [-0.1, -0.05) is 6.07 Å². The standard InChI is InChI=1S/C10H10FNO5/c11-5-2-1-3-7(14)8(5)9(15)12-6(4-13)10(16)17/h1-3,6,13-14H,4H2,(H,12,15)(H,16,17)/t6-/m0/s1. The fourth-order valence-corrected chi connectivity index (χ4v) is 1.15. The SMILES string of the molecule is O=C(N[C@@H](CO)C(=O)O)c1c(O)cccc1F. The van der Waals surface area contributed by atoms with E-state index in [2.05, 4.69) is 0 Å². The van der Waals surface area contributed by atoms with E-state index < -0.39 is 41.7 Å². The number of aliphatic hydroxyl groups excluding tert-OH is 1. The quantitative estimate of drug-likeness (QED) is 0.581. The summed E-state index contributed by atoms with van der Waals surface area (Å²) >= 11 is 0. The minimum Gasteiger partial charge on any atom is -0.507 e. The van der Waals surface area contributed by atoms with Crippen molar-refractivity contribution in [1.82, 2.24) is 5.32 Å². The summed E-state index contributed by atoms with van der Waals surface area (Å²) in [4.78, 5) is 22.0. The van der Waals surface area contributed by atoms with Gasteiger partial charge in [-0.3, -0.25) is 4.79 Å². The maximum Gasteiger partial charge on any atom is 0.328 e. The van der Waals surface area contributed by atoms with Crippen LogP contribution in [0.5, 0.6) is 5.75 Å². The Labute approximate surface area is 95.3 Å². The molecule has 0 radical (unpaired) electrons. The molecule has 1 aromatic rings. The second-order valence-electron chi connectivity index (χ2n) is 3.18. The lowest BCUT2D eigenvalue weighted by Gasteiger charge is -2.12. The van der Waals surface area contributed by atoms with Gasteiger partial charge in [-0.15, -0.1) is 0 Å². The molecule has 0 aliphatic carbocycles. The molecule has 1 aromatic carbocycles. The summed E-state index contributed by atoms with van der Waals surface area (Å²) in [6.45, 7) is -0.837. The van der Waals surface area contributed by atoms with Crippen LogP contribution in [0, 0.1) is 5.82 Å². The van der Waals surface area contributed by atoms with Crippen LogP contribution in [-0.2, 0) is 4.79 Å². The zero-order valence-electron chi connectivity index (χ0n) is 8.55. The number of phenolic OH excluding ortho intramolecular Hbond substituents is 1. The van der Waals surface area contributed by atoms with E-state index in [0.717, 1.165) is 12.1 Å². The van der Waals surface area contributed by atoms with Crippen LogP contribution in [0.25, 0.3) is 0 Å². The van der Waals surface area contributed by atoms with Crippen LogP contribution in [0.1, 0.15) is 10.4 Å². The Morgan fingerprint density at radius 2 is 2.06 bits per heavy atom. The molecule has 7 heteroatoms. The van der Waals surface area contributed by atoms with Crippen LogP contribution in [0.4, 0.5) is 4.39 Å². The van der Waals surface area contributed by atoms with Crippen molar-refractivity contribution in [2.75, 3.05) is 6.61 Å². The van der Waals surface area contributed by atoms with E-state index in [1.165, 1.54) is 6.07 Å². The van der Waals surface area contributed by atoms with Gasteiger partial charge in [0, 0.05) is 0 Å². The summed E-state index contributed by atoms with van der Waals surface area (Å²) < 4.78 is 13.2. The van der Waals surface area contributed by atoms with Crippen molar-refractivity contribution >= 4 is 11.9 Å². The van der Waals surface area contributed by atoms with Crippen LogP contribution in [0.2, 0.25) is 0 Å². The first kappa shape index (κ1) is 12.9. The Hall–Kier alpha value is -2.15. The Bertz CT molecular complexity index is 428. The monoisotopic (exact) mass is 243 g/mol. The second kappa shape index (κ2) is 5.26. The number of nitrogens with one attached hydrogen (secondary N) is 1. The first-order valence-electron chi connectivity index (χ1n) is 4.59. The molecular formula is C10H10FNO5. The van der Waals surface area contributed by atoms with Crippen molar-refractivity contribution in [3.63, 3.8) is 0 Å². The Morgan fingerprint density at radius 1 is 1.41 bits per heavy atom. The van der Waals surface area contributed by atoms with E-state index >= 15 is 0 Å². The van der Waals surface area contributed by atoms with Gasteiger partial charge in [0.25, 0.3) is 5.91 Å². The fraction of sp³-hybridized carbons (Fsp3) is 0.200. The molecule has 17 heavy (non-hydrogen) atoms. The van der Waals surface area contributed by atoms with Gasteiger partial charge in [0.15, 0.2) is 6.04 Å². The largest absolute Gasteiger partial charge is 0.507 e. The number of aromatic hydroxyl groups is 1. The van der Waals surface area contributed by atoms with E-state index in [4.69, 9.17) is 10.2 Å². The summed E-state index contributed by atoms with van der Waals surface area (Å²) in [7, 11) is 0. The van der Waals surface area contributed by atoms with Gasteiger partial charge >= 0.3 is 5.97 Å². The van der Waals surface area contributed by atoms with Gasteiger partial charge in [-0.05, 0) is 12.1 Å². The number of hydrogen-bond donors (Lipinski definition) is 4. The molecule has 0 aliphatic heterocycles. The van der Waals surface area contributed by atoms with Crippen molar-refractivity contribution in [3.05, 3.63) is 29.6 Å². The van der Waals surface area contributed by atoms with Gasteiger partial charge in [0.2, 0.25) is 0 Å². The highest BCUT2D eigenvalue weighted by Crippen LogP contribution is 2.19. The van der Waals surface area contributed by atoms with Crippen LogP contribution in [-0.4, -0.2) is 39.8 Å². The van der Waals surface area contributed by atoms with E-state index in [9.17, 15) is 19.1 Å². The lowest BCUT2D eigenvalue weighted by atomic mass is 10.1. The number of carboxylic acids is 1. The summed E-state index contributed by atoms with van der Waals surface area (Å²) in [6, 6.07) is 1.68. The number of aliphatic carboxylic acids is 1. The number of benzene rings is 1. The zero-order chi connectivity index (χ0) is 13.0. The second-order valence-corrected chi connectivity index (χ2v) is 3.18. The van der Waals surface area contributed by atoms with Crippen molar-refractivity contribution in [1.29, 1.82) is 0 Å². The molecule has 1 amide bonds. The van der Waals surface area contributed by atoms with E-state index in [1.54, 1.807) is 0 Å². The Kier molecular flexibility index (Phi) is 4.00. The molecule has 0 aromatic heterocycles. The molecule has 1 rings (SSSR count). The molecule has 0 saturated heterocycles. The van der Waals surface area contributed by atoms with E-state index in [-0.39, 0.29) is 0 Å². The topological polar surface area (TPSA) is 107 Å². The number of halogens is 1. The maximum absolute atomic E-state index is 13.2. The predicted octanol–water partition coefficient (Wildman–Crippen LogP) is -0.293. The lowest BCUT2D eigenvalue weighted by Crippen LogP contribution is -2.43. The van der Waals surface area contributed by atoms with E-state index in [0.29, 0.717) is 0 Å². The number of hydrogen-bond acceptors (Lipinski definition) is 4. The van der Waals surface area contributed by atoms with E-state index in [1.807, 2.05) is 5.32 Å². The normalized spacial score (nSPS) is 11.9. The highest BCUT2D eigenvalue weighted by Gasteiger charge is 2.23. The number of carbonyl (C=O) groups excluding carboxylic acids is 1. The molecule has 4 N–H and O–H groups in total. The number of aliphatic hydroxyl groups is 1. The molecule has 1 atom stereocenters. The Balaban J connectivity index is 2.94. The van der Waals surface area contributed by atoms with Crippen LogP contribution < -0.4 is 5.32 Å². The number of phenols is 1. The minimum atomic E-state index is -1.55. The van der Waals surface area contributed by atoms with Crippen molar-refractivity contribution < 1.29 is 29.3 Å². The predicted molar refractivity (Wildman–Crippen MR) is 54.0 cm³/mol. The number of rotatable bonds is 4. The van der Waals surface area contributed by atoms with Crippen molar-refractivity contribution in [2.45, 2.75) is 6.04 Å². The highest BCUT2D eigenvalue weighted by molar-refractivity contribution is 5.99. The van der Waals surface area contributed by atoms with Crippen molar-refractivity contribution in [3.8, 4) is 5.75 Å². The molecule has 0 saturated carbocycles. The smallest absolute Gasteiger partial charge is 0.328 e. The number of carbonyl (C=O) groups is 2. The summed E-state index contributed by atoms with van der Waals surface area (Å²) in [6.07, 6.45) is 0. The average molecular weight is 243 g/mol. The molecule has 6 nitrogen and oxygen atoms in total. The minimum absolute atomic E-state index is 0.607. The third-order valence-corrected chi connectivity index (χ3v) is 2.00. The summed E-state index contributed by atoms with van der Waals surface area (Å²) in [5.41, 5.74) is -0.660. The maximum atomic E-state index is 13.2. The van der Waals surface area contributed by atoms with Crippen molar-refractivity contribution in [2.24, 2.45) is 0 Å². The molecule has 0 unspecified atom stereocenters.